The Bertz CT molecular complexity index is 616. The molecule has 0 radical (unpaired) electrons. The maximum absolute atomic E-state index is 11.6. The lowest BCUT2D eigenvalue weighted by molar-refractivity contribution is -0.132. The summed E-state index contributed by atoms with van der Waals surface area (Å²) in [5.74, 6) is -1.79. The summed E-state index contributed by atoms with van der Waals surface area (Å²) >= 11 is 0. The molecule has 0 unspecified atom stereocenters. The van der Waals surface area contributed by atoms with E-state index in [2.05, 4.69) is 13.2 Å². The van der Waals surface area contributed by atoms with Crippen LogP contribution in [0.3, 0.4) is 0 Å². The Balaban J connectivity index is 2.79. The lowest BCUT2D eigenvalue weighted by Gasteiger charge is -2.00. The van der Waals surface area contributed by atoms with Crippen molar-refractivity contribution in [2.24, 2.45) is 0 Å². The number of carbonyl (C=O) groups is 2. The van der Waals surface area contributed by atoms with Gasteiger partial charge in [-0.15, -0.1) is 0 Å². The van der Waals surface area contributed by atoms with Gasteiger partial charge in [0.1, 0.15) is 0 Å². The van der Waals surface area contributed by atoms with Crippen LogP contribution in [0.1, 0.15) is 11.1 Å². The quantitative estimate of drug-likeness (QED) is 0.645. The number of hydrogen-bond donors (Lipinski definition) is 1. The molecule has 4 nitrogen and oxygen atoms in total. The second-order valence-electron chi connectivity index (χ2n) is 3.69. The second-order valence-corrected chi connectivity index (χ2v) is 3.69. The Hall–Kier alpha value is -2.93. The topological polar surface area (TPSA) is 78.2 Å². The minimum Gasteiger partial charge on any atom is -0.478 e. The van der Waals surface area contributed by atoms with Gasteiger partial charge in [-0.3, -0.25) is 4.79 Å². The molecule has 0 aromatic heterocycles. The summed E-state index contributed by atoms with van der Waals surface area (Å²) in [6, 6.07) is 8.58. The van der Waals surface area contributed by atoms with E-state index in [9.17, 15) is 9.59 Å². The summed E-state index contributed by atoms with van der Waals surface area (Å²) in [6.45, 7) is 6.65. The van der Waals surface area contributed by atoms with Gasteiger partial charge in [0.25, 0.3) is 0 Å². The number of aliphatic carboxylic acids is 1. The fourth-order valence-electron chi connectivity index (χ4n) is 1.22. The number of ketones is 1. The van der Waals surface area contributed by atoms with Crippen molar-refractivity contribution in [2.45, 2.75) is 0 Å². The van der Waals surface area contributed by atoms with Crippen LogP contribution in [0.15, 0.2) is 54.6 Å². The zero-order chi connectivity index (χ0) is 14.4. The number of nitrogens with zero attached hydrogens (tertiary/aromatic N) is 1. The zero-order valence-electron chi connectivity index (χ0n) is 10.1. The summed E-state index contributed by atoms with van der Waals surface area (Å²) in [4.78, 5) is 22.2. The molecule has 0 atom stereocenters. The van der Waals surface area contributed by atoms with E-state index in [0.717, 1.165) is 5.56 Å². The van der Waals surface area contributed by atoms with E-state index in [-0.39, 0.29) is 11.1 Å². The van der Waals surface area contributed by atoms with Gasteiger partial charge in [-0.25, -0.2) is 4.79 Å². The van der Waals surface area contributed by atoms with Crippen molar-refractivity contribution in [1.82, 2.24) is 0 Å². The highest BCUT2D eigenvalue weighted by Gasteiger charge is 2.13. The van der Waals surface area contributed by atoms with Gasteiger partial charge < -0.3 is 5.11 Å². The normalized spacial score (nSPS) is 9.84. The second kappa shape index (κ2) is 6.12. The smallest absolute Gasteiger partial charge is 0.335 e. The summed E-state index contributed by atoms with van der Waals surface area (Å²) < 4.78 is 0. The first-order chi connectivity index (χ1) is 8.95. The Morgan fingerprint density at radius 3 is 2.21 bits per heavy atom. The summed E-state index contributed by atoms with van der Waals surface area (Å²) in [5.41, 5.74) is 0.764. The van der Waals surface area contributed by atoms with E-state index < -0.39 is 11.8 Å². The molecule has 0 amide bonds. The third-order valence-corrected chi connectivity index (χ3v) is 2.39. The van der Waals surface area contributed by atoms with Crippen molar-refractivity contribution in [3.63, 3.8) is 0 Å². The third kappa shape index (κ3) is 3.79. The van der Waals surface area contributed by atoms with E-state index in [1.54, 1.807) is 24.3 Å². The van der Waals surface area contributed by atoms with E-state index in [0.29, 0.717) is 5.56 Å². The van der Waals surface area contributed by atoms with E-state index in [1.165, 1.54) is 12.2 Å². The van der Waals surface area contributed by atoms with Crippen LogP contribution < -0.4 is 0 Å². The van der Waals surface area contributed by atoms with Crippen LogP contribution in [-0.2, 0) is 9.59 Å². The highest BCUT2D eigenvalue weighted by molar-refractivity contribution is 6.14. The number of carboxylic acids is 1. The SMILES string of the molecule is C=C(C(=C)C(=O)C=Cc1ccc(C#N)cc1)C(=O)O. The molecule has 0 bridgehead atoms. The van der Waals surface area contributed by atoms with Crippen LogP contribution in [0.4, 0.5) is 0 Å². The van der Waals surface area contributed by atoms with Crippen molar-refractivity contribution >= 4 is 17.8 Å². The predicted molar refractivity (Wildman–Crippen MR) is 71.1 cm³/mol. The number of rotatable bonds is 5. The minimum absolute atomic E-state index is 0.155. The van der Waals surface area contributed by atoms with Gasteiger partial charge in [0.05, 0.1) is 17.2 Å². The number of allylic oxidation sites excluding steroid dienone is 1. The minimum atomic E-state index is -1.27. The maximum Gasteiger partial charge on any atom is 0.335 e. The highest BCUT2D eigenvalue weighted by atomic mass is 16.4. The fraction of sp³-hybridized carbons (Fsp3) is 0. The molecule has 0 aliphatic carbocycles. The lowest BCUT2D eigenvalue weighted by atomic mass is 10.0. The standard InChI is InChI=1S/C15H11NO3/c1-10(11(2)15(18)19)14(17)8-7-12-3-5-13(9-16)6-4-12/h3-8H,1-2H2,(H,18,19). The first kappa shape index (κ1) is 14.1. The van der Waals surface area contributed by atoms with Gasteiger partial charge in [0.2, 0.25) is 0 Å². The molecular formula is C15H11NO3. The van der Waals surface area contributed by atoms with Crippen LogP contribution >= 0.6 is 0 Å². The Morgan fingerprint density at radius 2 is 1.74 bits per heavy atom. The number of nitriles is 1. The molecule has 0 saturated carbocycles. The van der Waals surface area contributed by atoms with E-state index >= 15 is 0 Å². The largest absolute Gasteiger partial charge is 0.478 e. The molecule has 1 rings (SSSR count). The molecule has 0 heterocycles. The van der Waals surface area contributed by atoms with Crippen LogP contribution in [0, 0.1) is 11.3 Å². The van der Waals surface area contributed by atoms with Gasteiger partial charge >= 0.3 is 5.97 Å². The van der Waals surface area contributed by atoms with Crippen LogP contribution in [-0.4, -0.2) is 16.9 Å². The number of hydrogen-bond acceptors (Lipinski definition) is 3. The monoisotopic (exact) mass is 253 g/mol. The zero-order valence-corrected chi connectivity index (χ0v) is 10.1. The maximum atomic E-state index is 11.6. The molecule has 0 aliphatic heterocycles. The molecule has 1 aromatic carbocycles. The molecule has 1 aromatic rings. The molecule has 19 heavy (non-hydrogen) atoms. The van der Waals surface area contributed by atoms with Crippen molar-refractivity contribution in [3.05, 3.63) is 65.8 Å². The molecule has 94 valence electrons. The average Bonchev–Trinajstić information content (AvgIpc) is 2.43. The molecule has 4 heteroatoms. The summed E-state index contributed by atoms with van der Waals surface area (Å²) in [7, 11) is 0. The average molecular weight is 253 g/mol. The van der Waals surface area contributed by atoms with Crippen molar-refractivity contribution < 1.29 is 14.7 Å². The van der Waals surface area contributed by atoms with Crippen LogP contribution in [0.25, 0.3) is 6.08 Å². The van der Waals surface area contributed by atoms with Gasteiger partial charge in [0, 0.05) is 5.57 Å². The third-order valence-electron chi connectivity index (χ3n) is 2.39. The summed E-state index contributed by atoms with van der Waals surface area (Å²) in [5, 5.41) is 17.3. The van der Waals surface area contributed by atoms with Gasteiger partial charge in [-0.2, -0.15) is 5.26 Å². The van der Waals surface area contributed by atoms with Crippen molar-refractivity contribution in [3.8, 4) is 6.07 Å². The Kier molecular flexibility index (Phi) is 4.56. The number of benzene rings is 1. The van der Waals surface area contributed by atoms with Gasteiger partial charge in [-0.05, 0) is 23.8 Å². The molecule has 0 spiro atoms. The molecule has 0 fully saturated rings. The van der Waals surface area contributed by atoms with Crippen LogP contribution in [0.5, 0.6) is 0 Å². The van der Waals surface area contributed by atoms with E-state index in [1.807, 2.05) is 6.07 Å². The van der Waals surface area contributed by atoms with Gasteiger partial charge in [0.15, 0.2) is 5.78 Å². The Morgan fingerprint density at radius 1 is 1.16 bits per heavy atom. The highest BCUT2D eigenvalue weighted by Crippen LogP contribution is 2.10. The molecule has 1 N–H and O–H groups in total. The first-order valence-corrected chi connectivity index (χ1v) is 5.29. The van der Waals surface area contributed by atoms with Crippen molar-refractivity contribution in [1.29, 1.82) is 5.26 Å². The first-order valence-electron chi connectivity index (χ1n) is 5.29. The number of carbonyl (C=O) groups excluding carboxylic acids is 1. The summed E-state index contributed by atoms with van der Waals surface area (Å²) in [6.07, 6.45) is 2.74. The Labute approximate surface area is 110 Å². The van der Waals surface area contributed by atoms with Gasteiger partial charge in [-0.1, -0.05) is 31.4 Å². The van der Waals surface area contributed by atoms with Crippen LogP contribution in [0.2, 0.25) is 0 Å². The molecular weight excluding hydrogens is 242 g/mol. The fourth-order valence-corrected chi connectivity index (χ4v) is 1.22. The molecule has 0 saturated heterocycles. The number of carboxylic acid groups (broad SMARTS) is 1. The molecule has 0 aliphatic rings. The van der Waals surface area contributed by atoms with Crippen molar-refractivity contribution in [2.75, 3.05) is 0 Å². The lowest BCUT2D eigenvalue weighted by Crippen LogP contribution is -2.07. The predicted octanol–water partition coefficient (Wildman–Crippen LogP) is 2.34. The van der Waals surface area contributed by atoms with E-state index in [4.69, 9.17) is 10.4 Å².